The fourth-order valence-corrected chi connectivity index (χ4v) is 8.31. The molecule has 6 rings (SSSR count). The summed E-state index contributed by atoms with van der Waals surface area (Å²) >= 11 is 4.07. The first-order chi connectivity index (χ1) is 23.9. The molecule has 2 atom stereocenters. The quantitative estimate of drug-likeness (QED) is 0.0522. The lowest BCUT2D eigenvalue weighted by molar-refractivity contribution is -0.697. The van der Waals surface area contributed by atoms with Crippen LogP contribution in [0.2, 0.25) is 0 Å². The van der Waals surface area contributed by atoms with Gasteiger partial charge in [-0.1, -0.05) is 65.8 Å². The number of aromatic nitrogens is 2. The number of fused-ring (bicyclic) bond motifs is 1. The van der Waals surface area contributed by atoms with Crippen molar-refractivity contribution < 1.29 is 32.9 Å². The number of anilines is 1. The van der Waals surface area contributed by atoms with Crippen molar-refractivity contribution in [1.82, 2.24) is 15.2 Å². The third-order valence-corrected chi connectivity index (χ3v) is 10.8. The average Bonchev–Trinajstić information content (AvgIpc) is 3.57. The molecule has 0 aliphatic carbocycles. The van der Waals surface area contributed by atoms with Gasteiger partial charge in [-0.05, 0) is 16.7 Å². The van der Waals surface area contributed by atoms with Gasteiger partial charge >= 0.3 is 5.97 Å². The van der Waals surface area contributed by atoms with Crippen molar-refractivity contribution in [2.75, 3.05) is 31.0 Å². The summed E-state index contributed by atoms with van der Waals surface area (Å²) in [5, 5.41) is 7.82. The zero-order chi connectivity index (χ0) is 34.3. The summed E-state index contributed by atoms with van der Waals surface area (Å²) in [7, 11) is 1.30. The van der Waals surface area contributed by atoms with Crippen molar-refractivity contribution in [3.63, 3.8) is 0 Å². The van der Waals surface area contributed by atoms with Crippen LogP contribution in [0.5, 0.6) is 0 Å². The molecule has 4 heterocycles. The smallest absolute Gasteiger partial charge is 0.356 e. The first kappa shape index (κ1) is 34.1. The molecule has 0 bridgehead atoms. The highest BCUT2D eigenvalue weighted by molar-refractivity contribution is 8.01. The third kappa shape index (κ3) is 7.63. The molecule has 11 nitrogen and oxygen atoms in total. The Balaban J connectivity index is 1.28. The Hall–Kier alpha value is -4.73. The number of oxime groups is 1. The van der Waals surface area contributed by atoms with E-state index in [-0.39, 0.29) is 28.8 Å². The van der Waals surface area contributed by atoms with Crippen LogP contribution in [0.4, 0.5) is 9.52 Å². The number of nitrogens with zero attached hydrogens (tertiary/aromatic N) is 4. The molecule has 0 saturated carbocycles. The number of nitrogens with one attached hydrogen (secondary N) is 1. The number of thiazole rings is 1. The Labute approximate surface area is 294 Å². The summed E-state index contributed by atoms with van der Waals surface area (Å²) in [4.78, 5) is 52.7. The molecular formula is C34H32FN6O5S3+. The Kier molecular flexibility index (Phi) is 10.9. The molecule has 252 valence electrons. The van der Waals surface area contributed by atoms with Crippen molar-refractivity contribution >= 4 is 63.5 Å². The number of hydrogen-bond donors (Lipinski definition) is 2. The number of alkyl halides is 1. The van der Waals surface area contributed by atoms with E-state index in [2.05, 4.69) is 15.5 Å². The standard InChI is InChI=1S/C34H31FN6O5S3/c1-45-39-26(25-20-49-34(36)37-25)30(42)38-27-31(43)41-28(23(19-48-32(27)41)18-47-24-12-15-40(16-13-24)17-14-35)33(44)46-29(21-8-4-2-5-9-21)22-10-6-3-7-11-22/h2-13,15-16,20,27,29,32H,14,17-19H2,1H3,(H2-,36,37,38,42)/p+1/t27-,32-/m1/s1. The van der Waals surface area contributed by atoms with Gasteiger partial charge in [0.15, 0.2) is 35.9 Å². The molecule has 1 fully saturated rings. The molecule has 2 amide bonds. The summed E-state index contributed by atoms with van der Waals surface area (Å²) < 4.78 is 20.8. The molecule has 3 N–H and O–H groups in total. The lowest BCUT2D eigenvalue weighted by Crippen LogP contribution is -2.71. The van der Waals surface area contributed by atoms with E-state index in [1.165, 1.54) is 35.5 Å². The van der Waals surface area contributed by atoms with E-state index in [0.29, 0.717) is 17.1 Å². The molecule has 15 heteroatoms. The molecule has 0 radical (unpaired) electrons. The highest BCUT2D eigenvalue weighted by atomic mass is 32.2. The monoisotopic (exact) mass is 719 g/mol. The number of β-lactam (4-membered cyclic amide) rings is 1. The van der Waals surface area contributed by atoms with Crippen molar-refractivity contribution in [2.45, 2.75) is 29.0 Å². The van der Waals surface area contributed by atoms with Crippen LogP contribution in [0.1, 0.15) is 22.9 Å². The van der Waals surface area contributed by atoms with Crippen molar-refractivity contribution in [2.24, 2.45) is 5.16 Å². The Bertz CT molecular complexity index is 1830. The van der Waals surface area contributed by atoms with Crippen LogP contribution >= 0.6 is 34.9 Å². The molecule has 0 unspecified atom stereocenters. The van der Waals surface area contributed by atoms with Gasteiger partial charge in [0, 0.05) is 33.9 Å². The molecule has 49 heavy (non-hydrogen) atoms. The number of carbonyl (C=O) groups excluding carboxylic acids is 3. The van der Waals surface area contributed by atoms with E-state index in [9.17, 15) is 18.8 Å². The molecule has 1 saturated heterocycles. The van der Waals surface area contributed by atoms with Crippen LogP contribution in [0.3, 0.4) is 0 Å². The number of amides is 2. The number of nitrogens with two attached hydrogens (primary N) is 1. The number of thioether (sulfide) groups is 2. The van der Waals surface area contributed by atoms with Crippen LogP contribution in [-0.4, -0.2) is 70.1 Å². The topological polar surface area (TPSA) is 140 Å². The molecule has 0 spiro atoms. The van der Waals surface area contributed by atoms with Crippen LogP contribution in [0.15, 0.2) is 112 Å². The Morgan fingerprint density at radius 1 is 1.12 bits per heavy atom. The van der Waals surface area contributed by atoms with E-state index in [4.69, 9.17) is 15.3 Å². The molecule has 2 aliphatic heterocycles. The lowest BCUT2D eigenvalue weighted by Gasteiger charge is -2.49. The minimum atomic E-state index is -0.938. The summed E-state index contributed by atoms with van der Waals surface area (Å²) in [6.07, 6.45) is 2.87. The van der Waals surface area contributed by atoms with Crippen molar-refractivity contribution in [3.05, 3.63) is 119 Å². The first-order valence-electron chi connectivity index (χ1n) is 15.2. The second-order valence-corrected chi connectivity index (χ2v) is 13.9. The predicted octanol–water partition coefficient (Wildman–Crippen LogP) is 4.11. The van der Waals surface area contributed by atoms with Gasteiger partial charge in [-0.3, -0.25) is 14.5 Å². The van der Waals surface area contributed by atoms with Gasteiger partial charge in [-0.15, -0.1) is 34.9 Å². The van der Waals surface area contributed by atoms with Gasteiger partial charge in [0.2, 0.25) is 0 Å². The number of rotatable bonds is 13. The number of nitrogen functional groups attached to an aromatic ring is 1. The number of halogens is 1. The lowest BCUT2D eigenvalue weighted by atomic mass is 10.0. The molecular weight excluding hydrogens is 688 g/mol. The maximum Gasteiger partial charge on any atom is 0.356 e. The van der Waals surface area contributed by atoms with Crippen LogP contribution in [0.25, 0.3) is 0 Å². The fourth-order valence-electron chi connectivity index (χ4n) is 5.39. The Morgan fingerprint density at radius 3 is 2.39 bits per heavy atom. The van der Waals surface area contributed by atoms with Gasteiger partial charge in [-0.2, -0.15) is 0 Å². The second-order valence-electron chi connectivity index (χ2n) is 10.9. The number of hydrogen-bond acceptors (Lipinski definition) is 11. The SMILES string of the molecule is CON=C(C(=O)N[C@@H]1C(=O)N2C(C(=O)OC(c3ccccc3)c3ccccc3)=C(CSc3cc[n+](CCF)cc3)CS[C@H]12)c1csc(N)n1. The average molecular weight is 720 g/mol. The van der Waals surface area contributed by atoms with Gasteiger partial charge in [0.05, 0.1) is 0 Å². The van der Waals surface area contributed by atoms with Gasteiger partial charge in [0.1, 0.15) is 36.6 Å². The van der Waals surface area contributed by atoms with Crippen LogP contribution in [0, 0.1) is 0 Å². The summed E-state index contributed by atoms with van der Waals surface area (Å²) in [6.45, 7) is -0.203. The number of ether oxygens (including phenoxy) is 1. The van der Waals surface area contributed by atoms with Crippen LogP contribution in [-0.2, 0) is 30.5 Å². The van der Waals surface area contributed by atoms with E-state index in [0.717, 1.165) is 27.4 Å². The second kappa shape index (κ2) is 15.7. The number of aryl methyl sites for hydroxylation is 1. The number of pyridine rings is 1. The van der Waals surface area contributed by atoms with E-state index in [1.54, 1.807) is 22.3 Å². The first-order valence-corrected chi connectivity index (χ1v) is 18.1. The summed E-state index contributed by atoms with van der Waals surface area (Å²) in [5.74, 6) is -0.962. The Morgan fingerprint density at radius 2 is 1.80 bits per heavy atom. The van der Waals surface area contributed by atoms with Crippen LogP contribution < -0.4 is 15.6 Å². The molecule has 2 aromatic heterocycles. The maximum atomic E-state index is 14.3. The largest absolute Gasteiger partial charge is 0.448 e. The summed E-state index contributed by atoms with van der Waals surface area (Å²) in [6, 6.07) is 21.6. The van der Waals surface area contributed by atoms with Crippen molar-refractivity contribution in [1.29, 1.82) is 0 Å². The van der Waals surface area contributed by atoms with E-state index >= 15 is 0 Å². The molecule has 4 aromatic rings. The van der Waals surface area contributed by atoms with E-state index in [1.807, 2.05) is 72.8 Å². The highest BCUT2D eigenvalue weighted by Gasteiger charge is 2.55. The third-order valence-electron chi connectivity index (χ3n) is 7.74. The van der Waals surface area contributed by atoms with E-state index < -0.39 is 42.0 Å². The summed E-state index contributed by atoms with van der Waals surface area (Å²) in [5.41, 5.74) is 8.28. The maximum absolute atomic E-state index is 14.3. The van der Waals surface area contributed by atoms with Gasteiger partial charge in [-0.25, -0.2) is 18.7 Å². The zero-order valence-corrected chi connectivity index (χ0v) is 28.7. The number of carbonyl (C=O) groups is 3. The highest BCUT2D eigenvalue weighted by Crippen LogP contribution is 2.43. The zero-order valence-electron chi connectivity index (χ0n) is 26.2. The normalized spacial score (nSPS) is 17.4. The predicted molar refractivity (Wildman–Crippen MR) is 186 cm³/mol. The minimum absolute atomic E-state index is 0.126. The number of esters is 1. The van der Waals surface area contributed by atoms with Crippen molar-refractivity contribution in [3.8, 4) is 0 Å². The minimum Gasteiger partial charge on any atom is -0.448 e. The molecule has 2 aliphatic rings. The van der Waals surface area contributed by atoms with Gasteiger partial charge < -0.3 is 20.6 Å². The van der Waals surface area contributed by atoms with Gasteiger partial charge in [0.25, 0.3) is 11.8 Å². The number of benzene rings is 2. The molecule has 2 aromatic carbocycles. The fraction of sp³-hybridized carbons (Fsp3) is 0.235.